The number of benzene rings is 3. The van der Waals surface area contributed by atoms with Gasteiger partial charge in [-0.15, -0.1) is 0 Å². The quantitative estimate of drug-likeness (QED) is 0.571. The van der Waals surface area contributed by atoms with Crippen LogP contribution in [0.3, 0.4) is 0 Å². The highest BCUT2D eigenvalue weighted by Gasteiger charge is 2.17. The first-order valence-electron chi connectivity index (χ1n) is 8.89. The Morgan fingerprint density at radius 2 is 1.60 bits per heavy atom. The molecule has 1 nitrogen and oxygen atoms in total. The van der Waals surface area contributed by atoms with Crippen LogP contribution in [-0.2, 0) is 6.54 Å². The van der Waals surface area contributed by atoms with Gasteiger partial charge in [0.2, 0.25) is 0 Å². The lowest BCUT2D eigenvalue weighted by Gasteiger charge is -2.17. The fourth-order valence-corrected chi connectivity index (χ4v) is 3.79. The molecule has 0 fully saturated rings. The molecule has 0 radical (unpaired) electrons. The maximum atomic E-state index is 3.60. The zero-order valence-electron chi connectivity index (χ0n) is 14.8. The summed E-state index contributed by atoms with van der Waals surface area (Å²) in [7, 11) is 0. The van der Waals surface area contributed by atoms with Crippen molar-refractivity contribution in [3.05, 3.63) is 95.1 Å². The first-order chi connectivity index (χ1) is 12.2. The van der Waals surface area contributed by atoms with Crippen molar-refractivity contribution in [2.45, 2.75) is 26.8 Å². The van der Waals surface area contributed by atoms with E-state index in [-0.39, 0.29) is 0 Å². The SMILES string of the molecule is CC1=CC(C)=C(c2ccc3ccccc3c2CNc2ccccc2)C1. The number of anilines is 1. The largest absolute Gasteiger partial charge is 0.381 e. The lowest BCUT2D eigenvalue weighted by molar-refractivity contribution is 1.14. The molecule has 3 aromatic carbocycles. The van der Waals surface area contributed by atoms with Gasteiger partial charge >= 0.3 is 0 Å². The fraction of sp³-hybridized carbons (Fsp3) is 0.167. The Kier molecular flexibility index (Phi) is 4.15. The molecule has 1 heteroatoms. The Hall–Kier alpha value is -2.80. The average Bonchev–Trinajstić information content (AvgIpc) is 2.98. The first-order valence-corrected chi connectivity index (χ1v) is 8.89. The molecule has 0 aliphatic heterocycles. The van der Waals surface area contributed by atoms with Gasteiger partial charge in [0.1, 0.15) is 0 Å². The molecule has 4 rings (SSSR count). The number of hydrogen-bond donors (Lipinski definition) is 1. The molecule has 0 amide bonds. The lowest BCUT2D eigenvalue weighted by Crippen LogP contribution is -2.04. The Bertz CT molecular complexity index is 977. The number of hydrogen-bond acceptors (Lipinski definition) is 1. The smallest absolute Gasteiger partial charge is 0.0413 e. The Balaban J connectivity index is 1.79. The van der Waals surface area contributed by atoms with Gasteiger partial charge in [-0.1, -0.05) is 66.2 Å². The predicted molar refractivity (Wildman–Crippen MR) is 109 cm³/mol. The van der Waals surface area contributed by atoms with Gasteiger partial charge in [0, 0.05) is 12.2 Å². The standard InChI is InChI=1S/C24H23N/c1-17-14-18(2)23(15-17)22-13-12-19-8-6-7-11-21(19)24(22)16-25-20-9-4-3-5-10-20/h3-14,25H,15-16H2,1-2H3. The van der Waals surface area contributed by atoms with Gasteiger partial charge in [0.25, 0.3) is 0 Å². The summed E-state index contributed by atoms with van der Waals surface area (Å²) in [6.07, 6.45) is 3.38. The highest BCUT2D eigenvalue weighted by Crippen LogP contribution is 2.37. The van der Waals surface area contributed by atoms with Crippen LogP contribution >= 0.6 is 0 Å². The number of nitrogens with one attached hydrogen (secondary N) is 1. The second-order valence-corrected chi connectivity index (χ2v) is 6.86. The number of allylic oxidation sites excluding steroid dienone is 4. The van der Waals surface area contributed by atoms with E-state index >= 15 is 0 Å². The molecule has 1 aliphatic rings. The molecule has 25 heavy (non-hydrogen) atoms. The molecule has 0 atom stereocenters. The highest BCUT2D eigenvalue weighted by atomic mass is 14.9. The van der Waals surface area contributed by atoms with Crippen LogP contribution in [0.2, 0.25) is 0 Å². The van der Waals surface area contributed by atoms with Crippen LogP contribution < -0.4 is 5.32 Å². The van der Waals surface area contributed by atoms with Gasteiger partial charge in [-0.25, -0.2) is 0 Å². The van der Waals surface area contributed by atoms with Crippen LogP contribution in [0.1, 0.15) is 31.4 Å². The van der Waals surface area contributed by atoms with E-state index < -0.39 is 0 Å². The molecule has 3 aromatic rings. The molecule has 1 N–H and O–H groups in total. The third-order valence-electron chi connectivity index (χ3n) is 5.00. The van der Waals surface area contributed by atoms with E-state index in [9.17, 15) is 0 Å². The average molecular weight is 325 g/mol. The first kappa shape index (κ1) is 15.7. The van der Waals surface area contributed by atoms with Crippen molar-refractivity contribution in [1.29, 1.82) is 0 Å². The van der Waals surface area contributed by atoms with Crippen molar-refractivity contribution < 1.29 is 0 Å². The molecule has 0 bridgehead atoms. The molecule has 1 aliphatic carbocycles. The van der Waals surface area contributed by atoms with Crippen LogP contribution in [0.4, 0.5) is 5.69 Å². The van der Waals surface area contributed by atoms with Gasteiger partial charge < -0.3 is 5.32 Å². The highest BCUT2D eigenvalue weighted by molar-refractivity contribution is 5.92. The van der Waals surface area contributed by atoms with Crippen molar-refractivity contribution in [3.8, 4) is 0 Å². The third-order valence-corrected chi connectivity index (χ3v) is 5.00. The molecule has 0 saturated heterocycles. The Labute approximate surface area is 149 Å². The topological polar surface area (TPSA) is 12.0 Å². The van der Waals surface area contributed by atoms with Crippen molar-refractivity contribution in [2.75, 3.05) is 5.32 Å². The summed E-state index contributed by atoms with van der Waals surface area (Å²) in [5.74, 6) is 0. The van der Waals surface area contributed by atoms with Gasteiger partial charge in [0.05, 0.1) is 0 Å². The van der Waals surface area contributed by atoms with Gasteiger partial charge in [0.15, 0.2) is 0 Å². The third kappa shape index (κ3) is 3.10. The van der Waals surface area contributed by atoms with Crippen molar-refractivity contribution in [1.82, 2.24) is 0 Å². The van der Waals surface area contributed by atoms with Crippen molar-refractivity contribution in [3.63, 3.8) is 0 Å². The second kappa shape index (κ2) is 6.60. The van der Waals surface area contributed by atoms with Gasteiger partial charge in [-0.05, 0) is 65.4 Å². The number of fused-ring (bicyclic) bond motifs is 1. The van der Waals surface area contributed by atoms with E-state index in [0.29, 0.717) is 0 Å². The summed E-state index contributed by atoms with van der Waals surface area (Å²) in [4.78, 5) is 0. The van der Waals surface area contributed by atoms with Crippen molar-refractivity contribution >= 4 is 22.0 Å². The summed E-state index contributed by atoms with van der Waals surface area (Å²) in [6.45, 7) is 5.28. The van der Waals surface area contributed by atoms with Crippen molar-refractivity contribution in [2.24, 2.45) is 0 Å². The fourth-order valence-electron chi connectivity index (χ4n) is 3.79. The van der Waals surface area contributed by atoms with Crippen LogP contribution in [0.5, 0.6) is 0 Å². The predicted octanol–water partition coefficient (Wildman–Crippen LogP) is 6.58. The summed E-state index contributed by atoms with van der Waals surface area (Å²) in [5, 5.41) is 6.25. The molecule has 0 unspecified atom stereocenters. The number of para-hydroxylation sites is 1. The molecular weight excluding hydrogens is 302 g/mol. The Morgan fingerprint density at radius 1 is 0.840 bits per heavy atom. The monoisotopic (exact) mass is 325 g/mol. The van der Waals surface area contributed by atoms with Crippen LogP contribution in [-0.4, -0.2) is 0 Å². The van der Waals surface area contributed by atoms with Crippen LogP contribution in [0.25, 0.3) is 16.3 Å². The molecular formula is C24H23N. The van der Waals surface area contributed by atoms with Gasteiger partial charge in [-0.2, -0.15) is 0 Å². The van der Waals surface area contributed by atoms with Crippen LogP contribution in [0.15, 0.2) is 84.0 Å². The number of rotatable bonds is 4. The summed E-state index contributed by atoms with van der Waals surface area (Å²) in [6, 6.07) is 23.7. The van der Waals surface area contributed by atoms with E-state index in [4.69, 9.17) is 0 Å². The maximum Gasteiger partial charge on any atom is 0.0413 e. The summed E-state index contributed by atoms with van der Waals surface area (Å²) >= 11 is 0. The van der Waals surface area contributed by atoms with Crippen LogP contribution in [0, 0.1) is 0 Å². The zero-order valence-corrected chi connectivity index (χ0v) is 14.8. The Morgan fingerprint density at radius 3 is 2.36 bits per heavy atom. The minimum absolute atomic E-state index is 0.830. The van der Waals surface area contributed by atoms with E-state index in [1.54, 1.807) is 0 Å². The minimum atomic E-state index is 0.830. The van der Waals surface area contributed by atoms with E-state index in [2.05, 4.69) is 92.0 Å². The summed E-state index contributed by atoms with van der Waals surface area (Å²) < 4.78 is 0. The summed E-state index contributed by atoms with van der Waals surface area (Å²) in [5.41, 5.74) is 8.24. The normalized spacial score (nSPS) is 14.1. The van der Waals surface area contributed by atoms with E-state index in [1.807, 2.05) is 0 Å². The molecule has 0 spiro atoms. The van der Waals surface area contributed by atoms with E-state index in [1.165, 1.54) is 38.6 Å². The van der Waals surface area contributed by atoms with E-state index in [0.717, 1.165) is 18.7 Å². The van der Waals surface area contributed by atoms with Gasteiger partial charge in [-0.3, -0.25) is 0 Å². The minimum Gasteiger partial charge on any atom is -0.381 e. The maximum absolute atomic E-state index is 3.60. The second-order valence-electron chi connectivity index (χ2n) is 6.86. The molecule has 0 heterocycles. The molecule has 0 saturated carbocycles. The molecule has 124 valence electrons. The lowest BCUT2D eigenvalue weighted by atomic mass is 9.91. The molecule has 0 aromatic heterocycles. The zero-order chi connectivity index (χ0) is 17.2.